The molecule has 0 heterocycles. The van der Waals surface area contributed by atoms with E-state index in [0.717, 1.165) is 23.1 Å². The van der Waals surface area contributed by atoms with Crippen molar-refractivity contribution in [1.82, 2.24) is 4.90 Å². The molecule has 0 aromatic heterocycles. The minimum atomic E-state index is -0.679. The van der Waals surface area contributed by atoms with Crippen LogP contribution in [0.1, 0.15) is 30.0 Å². The van der Waals surface area contributed by atoms with E-state index in [4.69, 9.17) is 0 Å². The van der Waals surface area contributed by atoms with Gasteiger partial charge in [0.1, 0.15) is 0 Å². The minimum absolute atomic E-state index is 0.241. The largest absolute Gasteiger partial charge is 0.307 e. The molecule has 0 radical (unpaired) electrons. The lowest BCUT2D eigenvalue weighted by molar-refractivity contribution is -0.123. The minimum Gasteiger partial charge on any atom is -0.307 e. The highest BCUT2D eigenvalue weighted by atomic mass is 16.1. The zero-order valence-electron chi connectivity index (χ0n) is 17.0. The second-order valence-electron chi connectivity index (χ2n) is 7.74. The zero-order chi connectivity index (χ0) is 20.0. The lowest BCUT2D eigenvalue weighted by Gasteiger charge is -2.38. The highest BCUT2D eigenvalue weighted by molar-refractivity contribution is 5.95. The van der Waals surface area contributed by atoms with E-state index < -0.39 is 5.41 Å². The third-order valence-corrected chi connectivity index (χ3v) is 5.70. The van der Waals surface area contributed by atoms with Gasteiger partial charge in [0.2, 0.25) is 0 Å². The molecule has 0 amide bonds. The molecule has 0 fully saturated rings. The molecule has 3 aromatic carbocycles. The molecular weight excluding hydrogens is 342 g/mol. The topological polar surface area (TPSA) is 20.3 Å². The first-order valence-corrected chi connectivity index (χ1v) is 9.89. The fourth-order valence-corrected chi connectivity index (χ4v) is 3.84. The van der Waals surface area contributed by atoms with Crippen molar-refractivity contribution in [3.8, 4) is 0 Å². The van der Waals surface area contributed by atoms with E-state index in [-0.39, 0.29) is 11.8 Å². The number of carbonyl (C=O) groups is 1. The molecule has 3 aromatic rings. The van der Waals surface area contributed by atoms with Crippen LogP contribution in [0, 0.1) is 0 Å². The van der Waals surface area contributed by atoms with E-state index in [1.54, 1.807) is 0 Å². The van der Waals surface area contributed by atoms with Crippen LogP contribution in [0.15, 0.2) is 91.0 Å². The Morgan fingerprint density at radius 3 is 1.64 bits per heavy atom. The van der Waals surface area contributed by atoms with E-state index in [2.05, 4.69) is 50.2 Å². The van der Waals surface area contributed by atoms with Gasteiger partial charge in [0.05, 0.1) is 5.41 Å². The predicted molar refractivity (Wildman–Crippen MR) is 117 cm³/mol. The van der Waals surface area contributed by atoms with Gasteiger partial charge in [0, 0.05) is 12.5 Å². The smallest absolute Gasteiger partial charge is 0.152 e. The molecule has 0 saturated heterocycles. The van der Waals surface area contributed by atoms with Gasteiger partial charge in [-0.25, -0.2) is 0 Å². The van der Waals surface area contributed by atoms with Crippen molar-refractivity contribution in [2.45, 2.75) is 31.2 Å². The van der Waals surface area contributed by atoms with Gasteiger partial charge >= 0.3 is 0 Å². The molecule has 0 N–H and O–H groups in total. The third-order valence-electron chi connectivity index (χ3n) is 5.70. The molecular formula is C26H29NO. The molecule has 0 aliphatic rings. The van der Waals surface area contributed by atoms with Crippen LogP contribution in [0.25, 0.3) is 0 Å². The summed E-state index contributed by atoms with van der Waals surface area (Å²) in [5, 5.41) is 0. The van der Waals surface area contributed by atoms with Crippen LogP contribution < -0.4 is 0 Å². The van der Waals surface area contributed by atoms with Gasteiger partial charge in [-0.2, -0.15) is 0 Å². The summed E-state index contributed by atoms with van der Waals surface area (Å²) in [4.78, 5) is 16.2. The Morgan fingerprint density at radius 2 is 1.21 bits per heavy atom. The number of rotatable bonds is 8. The number of Topliss-reactive ketones (excluding diaryl/α,β-unsaturated/α-hetero) is 1. The van der Waals surface area contributed by atoms with E-state index in [9.17, 15) is 4.79 Å². The first-order valence-electron chi connectivity index (χ1n) is 9.89. The van der Waals surface area contributed by atoms with Crippen molar-refractivity contribution in [3.05, 3.63) is 108 Å². The lowest BCUT2D eigenvalue weighted by atomic mass is 9.66. The Bertz CT molecular complexity index is 833. The van der Waals surface area contributed by atoms with Crippen LogP contribution in [0.5, 0.6) is 0 Å². The van der Waals surface area contributed by atoms with Gasteiger partial charge in [-0.05, 0) is 44.1 Å². The van der Waals surface area contributed by atoms with Crippen LogP contribution in [0.4, 0.5) is 0 Å². The van der Waals surface area contributed by atoms with Crippen molar-refractivity contribution >= 4 is 5.78 Å². The van der Waals surface area contributed by atoms with E-state index >= 15 is 0 Å². The molecule has 0 aliphatic carbocycles. The molecule has 0 bridgehead atoms. The quantitative estimate of drug-likeness (QED) is 0.547. The number of carbonyl (C=O) groups excluding carboxylic acids is 1. The summed E-state index contributed by atoms with van der Waals surface area (Å²) in [6, 6.07) is 30.8. The Labute approximate surface area is 168 Å². The van der Waals surface area contributed by atoms with E-state index in [1.807, 2.05) is 66.7 Å². The number of nitrogens with zero attached hydrogens (tertiary/aromatic N) is 1. The summed E-state index contributed by atoms with van der Waals surface area (Å²) in [5.74, 6) is 0.241. The maximum Gasteiger partial charge on any atom is 0.152 e. The average Bonchev–Trinajstić information content (AvgIpc) is 2.73. The molecule has 0 spiro atoms. The van der Waals surface area contributed by atoms with Crippen molar-refractivity contribution in [1.29, 1.82) is 0 Å². The second-order valence-corrected chi connectivity index (χ2v) is 7.74. The average molecular weight is 372 g/mol. The van der Waals surface area contributed by atoms with Crippen LogP contribution in [0.2, 0.25) is 0 Å². The number of hydrogen-bond donors (Lipinski definition) is 0. The molecule has 1 atom stereocenters. The lowest BCUT2D eigenvalue weighted by Crippen LogP contribution is -2.44. The van der Waals surface area contributed by atoms with E-state index in [1.165, 1.54) is 0 Å². The molecule has 0 aliphatic heterocycles. The zero-order valence-corrected chi connectivity index (χ0v) is 17.0. The maximum absolute atomic E-state index is 14.0. The van der Waals surface area contributed by atoms with Crippen LogP contribution in [-0.2, 0) is 16.6 Å². The monoisotopic (exact) mass is 371 g/mol. The summed E-state index contributed by atoms with van der Waals surface area (Å²) in [7, 11) is 4.15. The summed E-state index contributed by atoms with van der Waals surface area (Å²) in [6.45, 7) is 2.19. The van der Waals surface area contributed by atoms with Crippen molar-refractivity contribution in [2.75, 3.05) is 14.1 Å². The van der Waals surface area contributed by atoms with Crippen molar-refractivity contribution in [3.63, 3.8) is 0 Å². The van der Waals surface area contributed by atoms with Gasteiger partial charge in [0.25, 0.3) is 0 Å². The second kappa shape index (κ2) is 8.99. The Hall–Kier alpha value is -2.71. The van der Waals surface area contributed by atoms with Gasteiger partial charge in [-0.3, -0.25) is 4.79 Å². The summed E-state index contributed by atoms with van der Waals surface area (Å²) in [6.07, 6.45) is 1.16. The van der Waals surface area contributed by atoms with Gasteiger partial charge < -0.3 is 4.90 Å². The number of ketones is 1. The molecule has 0 unspecified atom stereocenters. The van der Waals surface area contributed by atoms with Crippen LogP contribution >= 0.6 is 0 Å². The first-order chi connectivity index (χ1) is 13.5. The van der Waals surface area contributed by atoms with Gasteiger partial charge in [-0.15, -0.1) is 0 Å². The molecule has 28 heavy (non-hydrogen) atoms. The highest BCUT2D eigenvalue weighted by Crippen LogP contribution is 2.39. The molecule has 144 valence electrons. The van der Waals surface area contributed by atoms with Crippen molar-refractivity contribution in [2.24, 2.45) is 0 Å². The molecule has 0 saturated carbocycles. The Balaban J connectivity index is 2.16. The molecule has 2 heteroatoms. The van der Waals surface area contributed by atoms with Gasteiger partial charge in [0.15, 0.2) is 5.78 Å². The molecule has 2 nitrogen and oxygen atoms in total. The van der Waals surface area contributed by atoms with Crippen LogP contribution in [0.3, 0.4) is 0 Å². The standard InChI is InChI=1S/C26H29NO/c1-21(27(2)3)20-26(23-15-9-5-10-16-23,24-17-11-6-12-18-24)25(28)19-22-13-7-4-8-14-22/h4-18,21H,19-20H2,1-3H3/t21-/m0/s1. The highest BCUT2D eigenvalue weighted by Gasteiger charge is 2.42. The van der Waals surface area contributed by atoms with Crippen LogP contribution in [-0.4, -0.2) is 30.8 Å². The fraction of sp³-hybridized carbons (Fsp3) is 0.269. The van der Waals surface area contributed by atoms with Crippen molar-refractivity contribution < 1.29 is 4.79 Å². The van der Waals surface area contributed by atoms with Gasteiger partial charge in [-0.1, -0.05) is 91.0 Å². The number of benzene rings is 3. The normalized spacial score (nSPS) is 12.7. The third kappa shape index (κ3) is 4.23. The predicted octanol–water partition coefficient (Wildman–Crippen LogP) is 5.12. The SMILES string of the molecule is C[C@@H](CC(C(=O)Cc1ccccc1)(c1ccccc1)c1ccccc1)N(C)C. The molecule has 3 rings (SSSR count). The Morgan fingerprint density at radius 1 is 0.786 bits per heavy atom. The Kier molecular flexibility index (Phi) is 6.43. The van der Waals surface area contributed by atoms with E-state index in [0.29, 0.717) is 6.42 Å². The summed E-state index contributed by atoms with van der Waals surface area (Å²) >= 11 is 0. The summed E-state index contributed by atoms with van der Waals surface area (Å²) in [5.41, 5.74) is 2.51. The fourth-order valence-electron chi connectivity index (χ4n) is 3.84. The first kappa shape index (κ1) is 20.0. The maximum atomic E-state index is 14.0. The summed E-state index contributed by atoms with van der Waals surface area (Å²) < 4.78 is 0. The number of hydrogen-bond acceptors (Lipinski definition) is 2.